The van der Waals surface area contributed by atoms with Crippen molar-refractivity contribution in [2.24, 2.45) is 10.2 Å². The first-order valence-corrected chi connectivity index (χ1v) is 4.50. The summed E-state index contributed by atoms with van der Waals surface area (Å²) in [5.74, 6) is 0. The largest absolute Gasteiger partial charge is 0.249 e. The Labute approximate surface area is 75.0 Å². The average Bonchev–Trinajstić information content (AvgIpc) is 2.00. The van der Waals surface area contributed by atoms with Crippen LogP contribution in [0.1, 0.15) is 26.7 Å². The number of azo groups is 1. The Kier molecular flexibility index (Phi) is 6.90. The highest BCUT2D eigenvalue weighted by Gasteiger charge is 2.04. The van der Waals surface area contributed by atoms with Crippen molar-refractivity contribution in [2.45, 2.75) is 32.9 Å². The third kappa shape index (κ3) is 6.24. The maximum atomic E-state index is 4.14. The molecule has 0 saturated carbocycles. The highest BCUT2D eigenvalue weighted by atomic mass is 15.5. The molecule has 0 aromatic heterocycles. The summed E-state index contributed by atoms with van der Waals surface area (Å²) < 4.78 is 0. The third-order valence-corrected chi connectivity index (χ3v) is 1.33. The molecule has 0 aliphatic carbocycles. The van der Waals surface area contributed by atoms with E-state index in [-0.39, 0.29) is 6.17 Å². The van der Waals surface area contributed by atoms with Crippen LogP contribution in [0.5, 0.6) is 0 Å². The van der Waals surface area contributed by atoms with Gasteiger partial charge in [0.1, 0.15) is 6.17 Å². The molecule has 1 unspecified atom stereocenters. The highest BCUT2D eigenvalue weighted by Crippen LogP contribution is 1.98. The lowest BCUT2D eigenvalue weighted by atomic mass is 10.3. The molecule has 0 spiro atoms. The minimum Gasteiger partial charge on any atom is -0.249 e. The maximum absolute atomic E-state index is 4.14. The standard InChI is InChI=1S/C8H20N4/c1-5-7-8(10-9-6-2)11-12(3)4/h8,11H,5-7H2,1-4H3. The SMILES string of the molecule is CCCC(N=NCC)NN(C)C. The first kappa shape index (κ1) is 11.5. The second-order valence-corrected chi connectivity index (χ2v) is 2.90. The Morgan fingerprint density at radius 1 is 1.33 bits per heavy atom. The van der Waals surface area contributed by atoms with Crippen molar-refractivity contribution in [3.8, 4) is 0 Å². The molecular formula is C8H20N4. The molecule has 0 heterocycles. The lowest BCUT2D eigenvalue weighted by Gasteiger charge is -2.17. The number of nitrogens with zero attached hydrogens (tertiary/aromatic N) is 3. The number of nitrogens with one attached hydrogen (secondary N) is 1. The van der Waals surface area contributed by atoms with E-state index < -0.39 is 0 Å². The molecule has 0 aromatic carbocycles. The molecule has 0 aliphatic rings. The van der Waals surface area contributed by atoms with E-state index in [2.05, 4.69) is 22.6 Å². The van der Waals surface area contributed by atoms with Crippen LogP contribution in [-0.2, 0) is 0 Å². The molecule has 0 amide bonds. The van der Waals surface area contributed by atoms with Gasteiger partial charge in [0.2, 0.25) is 0 Å². The molecule has 0 bridgehead atoms. The lowest BCUT2D eigenvalue weighted by molar-refractivity contribution is 0.232. The Morgan fingerprint density at radius 3 is 2.42 bits per heavy atom. The summed E-state index contributed by atoms with van der Waals surface area (Å²) in [6.45, 7) is 4.89. The van der Waals surface area contributed by atoms with Gasteiger partial charge in [0.05, 0.1) is 6.54 Å². The van der Waals surface area contributed by atoms with Gasteiger partial charge in [-0.25, -0.2) is 10.4 Å². The number of rotatable bonds is 6. The van der Waals surface area contributed by atoms with Crippen LogP contribution in [0.3, 0.4) is 0 Å². The lowest BCUT2D eigenvalue weighted by Crippen LogP contribution is -2.38. The van der Waals surface area contributed by atoms with Gasteiger partial charge in [-0.1, -0.05) is 13.3 Å². The van der Waals surface area contributed by atoms with Crippen molar-refractivity contribution in [1.29, 1.82) is 0 Å². The summed E-state index contributed by atoms with van der Waals surface area (Å²) in [4.78, 5) is 0. The van der Waals surface area contributed by atoms with E-state index in [0.29, 0.717) is 0 Å². The normalized spacial score (nSPS) is 14.4. The van der Waals surface area contributed by atoms with E-state index in [1.165, 1.54) is 0 Å². The van der Waals surface area contributed by atoms with Crippen LogP contribution in [-0.4, -0.2) is 31.8 Å². The quantitative estimate of drug-likeness (QED) is 0.489. The second kappa shape index (κ2) is 7.18. The molecule has 4 heteroatoms. The van der Waals surface area contributed by atoms with Crippen LogP contribution in [0.15, 0.2) is 10.2 Å². The number of hydrazine groups is 1. The van der Waals surface area contributed by atoms with Crippen LogP contribution in [0.25, 0.3) is 0 Å². The van der Waals surface area contributed by atoms with Gasteiger partial charge >= 0.3 is 0 Å². The Morgan fingerprint density at radius 2 is 2.00 bits per heavy atom. The molecule has 0 saturated heterocycles. The predicted molar refractivity (Wildman–Crippen MR) is 50.9 cm³/mol. The minimum absolute atomic E-state index is 0.143. The molecule has 0 aliphatic heterocycles. The van der Waals surface area contributed by atoms with Gasteiger partial charge in [0, 0.05) is 14.1 Å². The third-order valence-electron chi connectivity index (χ3n) is 1.33. The molecule has 0 rings (SSSR count). The van der Waals surface area contributed by atoms with Crippen molar-refractivity contribution in [1.82, 2.24) is 10.4 Å². The molecule has 0 fully saturated rings. The molecule has 0 radical (unpaired) electrons. The summed E-state index contributed by atoms with van der Waals surface area (Å²) in [5, 5.41) is 10.0. The molecule has 1 atom stereocenters. The van der Waals surface area contributed by atoms with E-state index in [0.717, 1.165) is 19.4 Å². The summed E-state index contributed by atoms with van der Waals surface area (Å²) in [5.41, 5.74) is 3.19. The molecular weight excluding hydrogens is 152 g/mol. The fraction of sp³-hybridized carbons (Fsp3) is 1.00. The van der Waals surface area contributed by atoms with E-state index in [9.17, 15) is 0 Å². The van der Waals surface area contributed by atoms with Gasteiger partial charge in [0.25, 0.3) is 0 Å². The fourth-order valence-corrected chi connectivity index (χ4v) is 0.900. The van der Waals surface area contributed by atoms with Crippen molar-refractivity contribution in [3.63, 3.8) is 0 Å². The van der Waals surface area contributed by atoms with E-state index >= 15 is 0 Å². The van der Waals surface area contributed by atoms with Crippen molar-refractivity contribution >= 4 is 0 Å². The van der Waals surface area contributed by atoms with Gasteiger partial charge in [-0.3, -0.25) is 0 Å². The summed E-state index contributed by atoms with van der Waals surface area (Å²) >= 11 is 0. The van der Waals surface area contributed by atoms with Gasteiger partial charge < -0.3 is 0 Å². The van der Waals surface area contributed by atoms with Crippen LogP contribution in [0, 0.1) is 0 Å². The topological polar surface area (TPSA) is 40.0 Å². The molecule has 0 aromatic rings. The van der Waals surface area contributed by atoms with Crippen LogP contribution >= 0.6 is 0 Å². The van der Waals surface area contributed by atoms with Gasteiger partial charge in [-0.15, -0.1) is 0 Å². The zero-order chi connectivity index (χ0) is 9.40. The van der Waals surface area contributed by atoms with Crippen LogP contribution in [0.4, 0.5) is 0 Å². The zero-order valence-electron chi connectivity index (χ0n) is 8.54. The van der Waals surface area contributed by atoms with Crippen LogP contribution < -0.4 is 5.43 Å². The van der Waals surface area contributed by atoms with Gasteiger partial charge in [-0.2, -0.15) is 10.2 Å². The minimum atomic E-state index is 0.143. The number of hydrogen-bond donors (Lipinski definition) is 1. The van der Waals surface area contributed by atoms with Crippen molar-refractivity contribution in [2.75, 3.05) is 20.6 Å². The number of hydrogen-bond acceptors (Lipinski definition) is 4. The van der Waals surface area contributed by atoms with Gasteiger partial charge in [0.15, 0.2) is 0 Å². The Bertz CT molecular complexity index is 122. The van der Waals surface area contributed by atoms with Gasteiger partial charge in [-0.05, 0) is 13.3 Å². The molecule has 12 heavy (non-hydrogen) atoms. The first-order valence-electron chi connectivity index (χ1n) is 4.50. The fourth-order valence-electron chi connectivity index (χ4n) is 0.900. The van der Waals surface area contributed by atoms with E-state index in [1.807, 2.05) is 26.0 Å². The second-order valence-electron chi connectivity index (χ2n) is 2.90. The average molecular weight is 172 g/mol. The summed E-state index contributed by atoms with van der Waals surface area (Å²) in [7, 11) is 3.92. The van der Waals surface area contributed by atoms with E-state index in [1.54, 1.807) is 0 Å². The summed E-state index contributed by atoms with van der Waals surface area (Å²) in [6, 6.07) is 0. The Hall–Kier alpha value is -0.480. The smallest absolute Gasteiger partial charge is 0.133 e. The molecule has 1 N–H and O–H groups in total. The zero-order valence-corrected chi connectivity index (χ0v) is 8.54. The monoisotopic (exact) mass is 172 g/mol. The molecule has 4 nitrogen and oxygen atoms in total. The predicted octanol–water partition coefficient (Wildman–Crippen LogP) is 1.65. The Balaban J connectivity index is 3.77. The molecule has 72 valence electrons. The first-order chi connectivity index (χ1) is 5.70. The summed E-state index contributed by atoms with van der Waals surface area (Å²) in [6.07, 6.45) is 2.29. The van der Waals surface area contributed by atoms with E-state index in [4.69, 9.17) is 0 Å². The van der Waals surface area contributed by atoms with Crippen molar-refractivity contribution < 1.29 is 0 Å². The van der Waals surface area contributed by atoms with Crippen LogP contribution in [0.2, 0.25) is 0 Å². The maximum Gasteiger partial charge on any atom is 0.133 e. The highest BCUT2D eigenvalue weighted by molar-refractivity contribution is 4.57. The van der Waals surface area contributed by atoms with Crippen molar-refractivity contribution in [3.05, 3.63) is 0 Å².